The number of aromatic nitrogens is 2. The second-order valence-electron chi connectivity index (χ2n) is 3.40. The third-order valence-corrected chi connectivity index (χ3v) is 2.31. The maximum atomic E-state index is 11.5. The molecular formula is C12H13N3O2. The second kappa shape index (κ2) is 4.69. The van der Waals surface area contributed by atoms with Crippen molar-refractivity contribution < 1.29 is 9.53 Å². The first-order valence-corrected chi connectivity index (χ1v) is 5.29. The quantitative estimate of drug-likeness (QED) is 0.815. The number of anilines is 1. The van der Waals surface area contributed by atoms with E-state index < -0.39 is 5.97 Å². The number of carbonyl (C=O) groups is 1. The van der Waals surface area contributed by atoms with E-state index in [2.05, 4.69) is 4.98 Å². The minimum Gasteiger partial charge on any atom is -0.461 e. The summed E-state index contributed by atoms with van der Waals surface area (Å²) in [5, 5.41) is 0. The van der Waals surface area contributed by atoms with Gasteiger partial charge in [-0.25, -0.2) is 9.78 Å². The Labute approximate surface area is 98.8 Å². The van der Waals surface area contributed by atoms with Gasteiger partial charge in [-0.1, -0.05) is 18.2 Å². The van der Waals surface area contributed by atoms with Gasteiger partial charge in [0.25, 0.3) is 0 Å². The van der Waals surface area contributed by atoms with Crippen molar-refractivity contribution in [2.75, 3.05) is 12.3 Å². The van der Waals surface area contributed by atoms with E-state index in [1.165, 1.54) is 6.33 Å². The molecule has 0 fully saturated rings. The Kier molecular flexibility index (Phi) is 3.09. The van der Waals surface area contributed by atoms with E-state index in [1.807, 2.05) is 30.3 Å². The van der Waals surface area contributed by atoms with Crippen LogP contribution in [0.1, 0.15) is 17.4 Å². The molecule has 5 heteroatoms. The Morgan fingerprint density at radius 1 is 1.41 bits per heavy atom. The predicted octanol–water partition coefficient (Wildman–Crippen LogP) is 1.63. The molecule has 1 aromatic heterocycles. The van der Waals surface area contributed by atoms with Crippen LogP contribution in [0.2, 0.25) is 0 Å². The van der Waals surface area contributed by atoms with Crippen LogP contribution in [-0.2, 0) is 4.74 Å². The van der Waals surface area contributed by atoms with Crippen LogP contribution < -0.4 is 5.73 Å². The van der Waals surface area contributed by atoms with Crippen molar-refractivity contribution in [3.8, 4) is 5.69 Å². The van der Waals surface area contributed by atoms with Crippen molar-refractivity contribution >= 4 is 11.8 Å². The molecule has 0 aliphatic heterocycles. The normalized spacial score (nSPS) is 10.2. The van der Waals surface area contributed by atoms with Crippen LogP contribution in [-0.4, -0.2) is 22.1 Å². The number of carbonyl (C=O) groups excluding carboxylic acids is 1. The van der Waals surface area contributed by atoms with Crippen molar-refractivity contribution in [1.29, 1.82) is 0 Å². The van der Waals surface area contributed by atoms with Gasteiger partial charge in [0.05, 0.1) is 6.61 Å². The molecule has 0 atom stereocenters. The van der Waals surface area contributed by atoms with Crippen molar-refractivity contribution in [3.05, 3.63) is 42.4 Å². The Morgan fingerprint density at radius 3 is 2.76 bits per heavy atom. The molecule has 0 unspecified atom stereocenters. The number of nitrogen functional groups attached to an aromatic ring is 1. The second-order valence-corrected chi connectivity index (χ2v) is 3.40. The van der Waals surface area contributed by atoms with Crippen LogP contribution in [0.3, 0.4) is 0 Å². The van der Waals surface area contributed by atoms with Gasteiger partial charge in [0.2, 0.25) is 0 Å². The lowest BCUT2D eigenvalue weighted by Gasteiger charge is -2.04. The maximum absolute atomic E-state index is 11.5. The largest absolute Gasteiger partial charge is 0.461 e. The number of para-hydroxylation sites is 1. The van der Waals surface area contributed by atoms with E-state index in [4.69, 9.17) is 10.5 Å². The molecule has 1 aromatic carbocycles. The summed E-state index contributed by atoms with van der Waals surface area (Å²) >= 11 is 0. The number of esters is 1. The van der Waals surface area contributed by atoms with Crippen molar-refractivity contribution in [2.24, 2.45) is 0 Å². The number of imidazole rings is 1. The molecule has 0 saturated carbocycles. The Balaban J connectivity index is 2.37. The number of benzene rings is 1. The predicted molar refractivity (Wildman–Crippen MR) is 63.9 cm³/mol. The third-order valence-electron chi connectivity index (χ3n) is 2.31. The number of hydrogen-bond donors (Lipinski definition) is 1. The smallest absolute Gasteiger partial charge is 0.360 e. The zero-order chi connectivity index (χ0) is 12.3. The fraction of sp³-hybridized carbons (Fsp3) is 0.167. The molecule has 5 nitrogen and oxygen atoms in total. The first kappa shape index (κ1) is 11.2. The van der Waals surface area contributed by atoms with E-state index in [9.17, 15) is 4.79 Å². The molecule has 2 aromatic rings. The number of rotatable bonds is 3. The van der Waals surface area contributed by atoms with Gasteiger partial charge in [0.15, 0.2) is 5.69 Å². The molecule has 1 heterocycles. The van der Waals surface area contributed by atoms with Gasteiger partial charge in [0, 0.05) is 5.69 Å². The summed E-state index contributed by atoms with van der Waals surface area (Å²) in [5.41, 5.74) is 6.87. The topological polar surface area (TPSA) is 70.1 Å². The van der Waals surface area contributed by atoms with Gasteiger partial charge in [-0.2, -0.15) is 0 Å². The minimum absolute atomic E-state index is 0.149. The third kappa shape index (κ3) is 2.13. The molecule has 17 heavy (non-hydrogen) atoms. The lowest BCUT2D eigenvalue weighted by molar-refractivity contribution is 0.0521. The van der Waals surface area contributed by atoms with Crippen LogP contribution in [0.4, 0.5) is 5.82 Å². The van der Waals surface area contributed by atoms with Crippen molar-refractivity contribution in [3.63, 3.8) is 0 Å². The average molecular weight is 231 g/mol. The molecule has 0 bridgehead atoms. The molecule has 0 amide bonds. The van der Waals surface area contributed by atoms with Gasteiger partial charge in [-0.05, 0) is 19.1 Å². The summed E-state index contributed by atoms with van der Waals surface area (Å²) in [4.78, 5) is 15.5. The fourth-order valence-electron chi connectivity index (χ4n) is 1.51. The molecule has 88 valence electrons. The summed E-state index contributed by atoms with van der Waals surface area (Å²) in [6.07, 6.45) is 1.51. The van der Waals surface area contributed by atoms with Crippen LogP contribution in [0.5, 0.6) is 0 Å². The Hall–Kier alpha value is -2.30. The molecule has 0 aliphatic rings. The van der Waals surface area contributed by atoms with Gasteiger partial charge in [0.1, 0.15) is 12.1 Å². The summed E-state index contributed by atoms with van der Waals surface area (Å²) in [5.74, 6) is -0.214. The van der Waals surface area contributed by atoms with Gasteiger partial charge < -0.3 is 10.5 Å². The average Bonchev–Trinajstić information content (AvgIpc) is 2.72. The van der Waals surface area contributed by atoms with E-state index in [1.54, 1.807) is 11.5 Å². The van der Waals surface area contributed by atoms with Crippen LogP contribution in [0.15, 0.2) is 36.7 Å². The zero-order valence-electron chi connectivity index (χ0n) is 9.46. The first-order valence-electron chi connectivity index (χ1n) is 5.29. The fourth-order valence-corrected chi connectivity index (χ4v) is 1.51. The molecule has 2 rings (SSSR count). The highest BCUT2D eigenvalue weighted by atomic mass is 16.5. The molecular weight excluding hydrogens is 218 g/mol. The van der Waals surface area contributed by atoms with Crippen LogP contribution in [0.25, 0.3) is 5.69 Å². The standard InChI is InChI=1S/C12H13N3O2/c1-2-17-12(16)10-11(13)15(8-14-10)9-6-4-3-5-7-9/h3-8H,2,13H2,1H3. The molecule has 0 spiro atoms. The SMILES string of the molecule is CCOC(=O)c1ncn(-c2ccccc2)c1N. The number of hydrogen-bond acceptors (Lipinski definition) is 4. The Bertz CT molecular complexity index is 520. The highest BCUT2D eigenvalue weighted by Crippen LogP contribution is 2.17. The monoisotopic (exact) mass is 231 g/mol. The molecule has 0 aliphatic carbocycles. The lowest BCUT2D eigenvalue weighted by Crippen LogP contribution is -2.09. The van der Waals surface area contributed by atoms with E-state index in [0.29, 0.717) is 6.61 Å². The summed E-state index contributed by atoms with van der Waals surface area (Å²) in [6, 6.07) is 9.44. The van der Waals surface area contributed by atoms with Crippen molar-refractivity contribution in [2.45, 2.75) is 6.92 Å². The summed E-state index contributed by atoms with van der Waals surface area (Å²) in [6.45, 7) is 2.04. The van der Waals surface area contributed by atoms with E-state index >= 15 is 0 Å². The number of nitrogens with two attached hydrogens (primary N) is 1. The summed E-state index contributed by atoms with van der Waals surface area (Å²) in [7, 11) is 0. The maximum Gasteiger partial charge on any atom is 0.360 e. The van der Waals surface area contributed by atoms with Crippen molar-refractivity contribution in [1.82, 2.24) is 9.55 Å². The van der Waals surface area contributed by atoms with E-state index in [-0.39, 0.29) is 11.5 Å². The molecule has 0 radical (unpaired) electrons. The highest BCUT2D eigenvalue weighted by Gasteiger charge is 2.17. The van der Waals surface area contributed by atoms with E-state index in [0.717, 1.165) is 5.69 Å². The number of ether oxygens (including phenoxy) is 1. The van der Waals surface area contributed by atoms with Gasteiger partial charge in [-0.15, -0.1) is 0 Å². The highest BCUT2D eigenvalue weighted by molar-refractivity contribution is 5.92. The molecule has 2 N–H and O–H groups in total. The zero-order valence-corrected chi connectivity index (χ0v) is 9.46. The Morgan fingerprint density at radius 2 is 2.12 bits per heavy atom. The first-order chi connectivity index (χ1) is 8.24. The number of nitrogens with zero attached hydrogens (tertiary/aromatic N) is 2. The minimum atomic E-state index is -0.500. The summed E-state index contributed by atoms with van der Waals surface area (Å²) < 4.78 is 6.51. The van der Waals surface area contributed by atoms with Crippen LogP contribution >= 0.6 is 0 Å². The molecule has 0 saturated heterocycles. The van der Waals surface area contributed by atoms with Gasteiger partial charge in [-0.3, -0.25) is 4.57 Å². The van der Waals surface area contributed by atoms with Crippen LogP contribution in [0, 0.1) is 0 Å². The van der Waals surface area contributed by atoms with Gasteiger partial charge >= 0.3 is 5.97 Å². The lowest BCUT2D eigenvalue weighted by atomic mass is 10.3.